The summed E-state index contributed by atoms with van der Waals surface area (Å²) in [6, 6.07) is 8.88. The van der Waals surface area contributed by atoms with Crippen LogP contribution in [0.25, 0.3) is 0 Å². The van der Waals surface area contributed by atoms with Gasteiger partial charge >= 0.3 is 0 Å². The lowest BCUT2D eigenvalue weighted by molar-refractivity contribution is 0.0796. The molecule has 0 N–H and O–H groups in total. The van der Waals surface area contributed by atoms with E-state index >= 15 is 0 Å². The third-order valence-corrected chi connectivity index (χ3v) is 6.34. The molecule has 0 saturated heterocycles. The second-order valence-electron chi connectivity index (χ2n) is 6.50. The molecule has 0 radical (unpaired) electrons. The van der Waals surface area contributed by atoms with Crippen LogP contribution in [0.4, 0.5) is 0 Å². The zero-order valence-electron chi connectivity index (χ0n) is 15.9. The Morgan fingerprint density at radius 2 is 1.81 bits per heavy atom. The Kier molecular flexibility index (Phi) is 6.15. The predicted octanol–water partition coefficient (Wildman–Crippen LogP) is 2.26. The van der Waals surface area contributed by atoms with Crippen LogP contribution in [0.2, 0.25) is 0 Å². The van der Waals surface area contributed by atoms with E-state index in [1.54, 1.807) is 31.1 Å². The molecule has 140 valence electrons. The van der Waals surface area contributed by atoms with Crippen molar-refractivity contribution in [2.75, 3.05) is 27.7 Å². The van der Waals surface area contributed by atoms with E-state index in [1.165, 1.54) is 20.2 Å². The van der Waals surface area contributed by atoms with Crippen LogP contribution in [0.1, 0.15) is 27.2 Å². The molecule has 0 bridgehead atoms. The molecular formula is C19H25N3O3S. The van der Waals surface area contributed by atoms with Gasteiger partial charge in [-0.2, -0.15) is 0 Å². The van der Waals surface area contributed by atoms with Crippen molar-refractivity contribution in [2.24, 2.45) is 0 Å². The van der Waals surface area contributed by atoms with Crippen molar-refractivity contribution in [3.05, 3.63) is 58.9 Å². The van der Waals surface area contributed by atoms with E-state index in [4.69, 9.17) is 0 Å². The standard InChI is InChI=1S/C19H25N3O3S/c1-14-12-16(13-18(15(14)2)26(24,25)21(3)4)19(23)22(5)11-9-17-8-6-7-10-20-17/h6-8,10,12-13H,9,11H2,1-5H3. The van der Waals surface area contributed by atoms with Gasteiger partial charge in [-0.25, -0.2) is 12.7 Å². The highest BCUT2D eigenvalue weighted by Gasteiger charge is 2.23. The van der Waals surface area contributed by atoms with E-state index in [2.05, 4.69) is 4.98 Å². The van der Waals surface area contributed by atoms with Crippen LogP contribution in [0.3, 0.4) is 0 Å². The van der Waals surface area contributed by atoms with Gasteiger partial charge < -0.3 is 4.90 Å². The van der Waals surface area contributed by atoms with E-state index in [1.807, 2.05) is 25.1 Å². The number of hydrogen-bond donors (Lipinski definition) is 0. The molecule has 0 saturated carbocycles. The minimum Gasteiger partial charge on any atom is -0.341 e. The quantitative estimate of drug-likeness (QED) is 0.776. The van der Waals surface area contributed by atoms with Gasteiger partial charge in [0.2, 0.25) is 10.0 Å². The highest BCUT2D eigenvalue weighted by Crippen LogP contribution is 2.24. The number of sulfonamides is 1. The van der Waals surface area contributed by atoms with E-state index in [0.29, 0.717) is 24.1 Å². The zero-order chi connectivity index (χ0) is 19.5. The first-order chi connectivity index (χ1) is 12.1. The summed E-state index contributed by atoms with van der Waals surface area (Å²) in [5, 5.41) is 0. The fourth-order valence-corrected chi connectivity index (χ4v) is 3.78. The summed E-state index contributed by atoms with van der Waals surface area (Å²) in [6.45, 7) is 4.07. The summed E-state index contributed by atoms with van der Waals surface area (Å²) >= 11 is 0. The molecule has 1 amide bonds. The van der Waals surface area contributed by atoms with Gasteiger partial charge in [0.25, 0.3) is 5.91 Å². The normalized spacial score (nSPS) is 11.6. The second kappa shape index (κ2) is 7.97. The van der Waals surface area contributed by atoms with Gasteiger partial charge in [0.1, 0.15) is 0 Å². The smallest absolute Gasteiger partial charge is 0.253 e. The van der Waals surface area contributed by atoms with Gasteiger partial charge in [-0.15, -0.1) is 0 Å². The molecule has 0 aliphatic carbocycles. The molecule has 2 rings (SSSR count). The third kappa shape index (κ3) is 4.28. The van der Waals surface area contributed by atoms with Crippen molar-refractivity contribution < 1.29 is 13.2 Å². The molecule has 26 heavy (non-hydrogen) atoms. The van der Waals surface area contributed by atoms with Crippen molar-refractivity contribution in [1.29, 1.82) is 0 Å². The van der Waals surface area contributed by atoms with E-state index in [0.717, 1.165) is 15.6 Å². The monoisotopic (exact) mass is 375 g/mol. The first-order valence-corrected chi connectivity index (χ1v) is 9.77. The van der Waals surface area contributed by atoms with Crippen LogP contribution in [0.5, 0.6) is 0 Å². The molecule has 0 fully saturated rings. The lowest BCUT2D eigenvalue weighted by Crippen LogP contribution is -2.30. The Hall–Kier alpha value is -2.25. The number of pyridine rings is 1. The molecule has 1 aromatic heterocycles. The Morgan fingerprint density at radius 3 is 2.38 bits per heavy atom. The van der Waals surface area contributed by atoms with Crippen LogP contribution in [-0.2, 0) is 16.4 Å². The van der Waals surface area contributed by atoms with Crippen LogP contribution in [0, 0.1) is 13.8 Å². The molecule has 2 aromatic rings. The number of hydrogen-bond acceptors (Lipinski definition) is 4. The summed E-state index contributed by atoms with van der Waals surface area (Å²) in [4.78, 5) is 18.8. The summed E-state index contributed by atoms with van der Waals surface area (Å²) in [5.41, 5.74) is 2.71. The average molecular weight is 375 g/mol. The Balaban J connectivity index is 2.27. The summed E-state index contributed by atoms with van der Waals surface area (Å²) in [5.74, 6) is -0.209. The Bertz CT molecular complexity index is 894. The van der Waals surface area contributed by atoms with E-state index < -0.39 is 10.0 Å². The van der Waals surface area contributed by atoms with Gasteiger partial charge in [0.15, 0.2) is 0 Å². The number of carbonyl (C=O) groups is 1. The number of aromatic nitrogens is 1. The fourth-order valence-electron chi connectivity index (χ4n) is 2.57. The molecule has 0 aliphatic heterocycles. The van der Waals surface area contributed by atoms with Gasteiger partial charge in [-0.3, -0.25) is 9.78 Å². The number of benzene rings is 1. The third-order valence-electron chi connectivity index (χ3n) is 4.40. The number of aryl methyl sites for hydroxylation is 1. The molecule has 0 spiro atoms. The number of carbonyl (C=O) groups excluding carboxylic acids is 1. The molecule has 1 aromatic carbocycles. The SMILES string of the molecule is Cc1cc(C(=O)N(C)CCc2ccccn2)cc(S(=O)(=O)N(C)C)c1C. The largest absolute Gasteiger partial charge is 0.341 e. The van der Waals surface area contributed by atoms with Crippen molar-refractivity contribution in [3.63, 3.8) is 0 Å². The maximum atomic E-state index is 12.8. The Morgan fingerprint density at radius 1 is 1.12 bits per heavy atom. The summed E-state index contributed by atoms with van der Waals surface area (Å²) in [7, 11) is 1.06. The molecule has 0 atom stereocenters. The van der Waals surface area contributed by atoms with Crippen molar-refractivity contribution in [2.45, 2.75) is 25.2 Å². The molecule has 0 aliphatic rings. The maximum Gasteiger partial charge on any atom is 0.253 e. The van der Waals surface area contributed by atoms with Crippen LogP contribution < -0.4 is 0 Å². The topological polar surface area (TPSA) is 70.6 Å². The maximum absolute atomic E-state index is 12.8. The molecular weight excluding hydrogens is 350 g/mol. The summed E-state index contributed by atoms with van der Waals surface area (Å²) in [6.07, 6.45) is 2.36. The Labute approximate surface area is 155 Å². The van der Waals surface area contributed by atoms with Crippen molar-refractivity contribution in [1.82, 2.24) is 14.2 Å². The highest BCUT2D eigenvalue weighted by molar-refractivity contribution is 7.89. The fraction of sp³-hybridized carbons (Fsp3) is 0.368. The first kappa shape index (κ1) is 20.1. The second-order valence-corrected chi connectivity index (χ2v) is 8.62. The van der Waals surface area contributed by atoms with Crippen LogP contribution >= 0.6 is 0 Å². The molecule has 1 heterocycles. The lowest BCUT2D eigenvalue weighted by Gasteiger charge is -2.20. The van der Waals surface area contributed by atoms with Crippen molar-refractivity contribution >= 4 is 15.9 Å². The molecule has 6 nitrogen and oxygen atoms in total. The molecule has 0 unspecified atom stereocenters. The minimum absolute atomic E-state index is 0.170. The summed E-state index contributed by atoms with van der Waals surface area (Å²) < 4.78 is 26.3. The number of rotatable bonds is 6. The van der Waals surface area contributed by atoms with Gasteiger partial charge in [-0.05, 0) is 49.2 Å². The predicted molar refractivity (Wildman–Crippen MR) is 102 cm³/mol. The van der Waals surface area contributed by atoms with E-state index in [9.17, 15) is 13.2 Å². The highest BCUT2D eigenvalue weighted by atomic mass is 32.2. The number of nitrogens with zero attached hydrogens (tertiary/aromatic N) is 3. The number of amides is 1. The molecule has 7 heteroatoms. The van der Waals surface area contributed by atoms with Crippen LogP contribution in [0.15, 0.2) is 41.4 Å². The number of likely N-dealkylation sites (N-methyl/N-ethyl adjacent to an activating group) is 1. The lowest BCUT2D eigenvalue weighted by atomic mass is 10.1. The van der Waals surface area contributed by atoms with Gasteiger partial charge in [0.05, 0.1) is 4.90 Å². The zero-order valence-corrected chi connectivity index (χ0v) is 16.7. The average Bonchev–Trinajstić information content (AvgIpc) is 2.61. The van der Waals surface area contributed by atoms with Crippen LogP contribution in [-0.4, -0.2) is 56.2 Å². The first-order valence-electron chi connectivity index (χ1n) is 8.33. The van der Waals surface area contributed by atoms with Gasteiger partial charge in [0, 0.05) is 51.6 Å². The van der Waals surface area contributed by atoms with E-state index in [-0.39, 0.29) is 10.8 Å². The minimum atomic E-state index is -3.61. The van der Waals surface area contributed by atoms with Crippen molar-refractivity contribution in [3.8, 4) is 0 Å². The van der Waals surface area contributed by atoms with Gasteiger partial charge in [-0.1, -0.05) is 6.07 Å².